The van der Waals surface area contributed by atoms with Crippen LogP contribution in [0.4, 0.5) is 0 Å². The molecule has 3 atom stereocenters. The van der Waals surface area contributed by atoms with E-state index in [0.29, 0.717) is 17.5 Å². The molecule has 27 heavy (non-hydrogen) atoms. The van der Waals surface area contributed by atoms with E-state index in [2.05, 4.69) is 0 Å². The van der Waals surface area contributed by atoms with Gasteiger partial charge in [-0.15, -0.1) is 11.8 Å². The first-order valence-corrected chi connectivity index (χ1v) is 10.7. The number of Topliss-reactive ketones (excluding diaryl/α,β-unsaturated/α-hetero) is 1. The van der Waals surface area contributed by atoms with Crippen LogP contribution in [0, 0.1) is 11.8 Å². The number of thioether (sulfide) groups is 1. The van der Waals surface area contributed by atoms with Crippen LogP contribution >= 0.6 is 11.8 Å². The van der Waals surface area contributed by atoms with Crippen molar-refractivity contribution in [3.05, 3.63) is 59.7 Å². The molecule has 0 radical (unpaired) electrons. The van der Waals surface area contributed by atoms with Crippen molar-refractivity contribution in [3.8, 4) is 5.75 Å². The molecule has 4 heteroatoms. The molecule has 4 rings (SSSR count). The summed E-state index contributed by atoms with van der Waals surface area (Å²) in [4.78, 5) is 26.6. The second-order valence-electron chi connectivity index (χ2n) is 7.54. The van der Waals surface area contributed by atoms with E-state index >= 15 is 0 Å². The summed E-state index contributed by atoms with van der Waals surface area (Å²) in [5.74, 6) is 1.86. The molecular weight excluding hydrogens is 356 g/mol. The molecule has 2 aliphatic rings. The van der Waals surface area contributed by atoms with E-state index in [1.807, 2.05) is 43.3 Å². The second-order valence-corrected chi connectivity index (χ2v) is 8.60. The van der Waals surface area contributed by atoms with Crippen molar-refractivity contribution in [1.82, 2.24) is 0 Å². The van der Waals surface area contributed by atoms with E-state index in [1.165, 1.54) is 6.42 Å². The van der Waals surface area contributed by atoms with Crippen LogP contribution in [-0.2, 0) is 4.79 Å². The summed E-state index contributed by atoms with van der Waals surface area (Å²) in [5, 5.41) is 0. The number of ether oxygens (including phenoxy) is 1. The summed E-state index contributed by atoms with van der Waals surface area (Å²) in [6.07, 6.45) is 4.57. The number of fused-ring (bicyclic) bond motifs is 2. The molecule has 1 aliphatic carbocycles. The first-order valence-electron chi connectivity index (χ1n) is 9.71. The molecule has 1 saturated carbocycles. The van der Waals surface area contributed by atoms with Crippen molar-refractivity contribution in [2.24, 2.45) is 11.8 Å². The van der Waals surface area contributed by atoms with Crippen molar-refractivity contribution < 1.29 is 14.3 Å². The van der Waals surface area contributed by atoms with E-state index in [0.717, 1.165) is 41.0 Å². The van der Waals surface area contributed by atoms with Crippen molar-refractivity contribution in [2.75, 3.05) is 5.75 Å². The van der Waals surface area contributed by atoms with Crippen LogP contribution in [0.5, 0.6) is 5.75 Å². The Morgan fingerprint density at radius 2 is 1.89 bits per heavy atom. The average Bonchev–Trinajstić information content (AvgIpc) is 2.85. The molecule has 0 aromatic heterocycles. The molecule has 140 valence electrons. The standard InChI is InChI=1S/C23H24O3S/c1-15(23(25)26-18-8-3-2-4-9-18)16-11-12-20-21(13-16)27-14-17-7-5-6-10-19(17)22(20)24/h2-4,8-9,11-13,15,17,19H,5-7,10,14H2,1H3. The van der Waals surface area contributed by atoms with Gasteiger partial charge in [-0.05, 0) is 55.5 Å². The van der Waals surface area contributed by atoms with Gasteiger partial charge >= 0.3 is 5.97 Å². The number of rotatable bonds is 3. The number of hydrogen-bond acceptors (Lipinski definition) is 4. The van der Waals surface area contributed by atoms with Gasteiger partial charge in [0.1, 0.15) is 5.75 Å². The third kappa shape index (κ3) is 3.81. The minimum absolute atomic E-state index is 0.179. The van der Waals surface area contributed by atoms with Gasteiger partial charge in [-0.25, -0.2) is 0 Å². The smallest absolute Gasteiger partial charge is 0.318 e. The van der Waals surface area contributed by atoms with Gasteiger partial charge in [0.25, 0.3) is 0 Å². The molecule has 0 saturated heterocycles. The SMILES string of the molecule is CC(C(=O)Oc1ccccc1)c1ccc2c(c1)SCC1CCCCC1C2=O. The number of esters is 1. The van der Waals surface area contributed by atoms with Crippen LogP contribution in [0.25, 0.3) is 0 Å². The maximum atomic E-state index is 13.0. The summed E-state index contributed by atoms with van der Waals surface area (Å²) in [7, 11) is 0. The topological polar surface area (TPSA) is 43.4 Å². The Kier molecular flexibility index (Phi) is 5.35. The van der Waals surface area contributed by atoms with Gasteiger partial charge < -0.3 is 4.74 Å². The molecule has 2 aromatic carbocycles. The van der Waals surface area contributed by atoms with Crippen molar-refractivity contribution in [2.45, 2.75) is 43.4 Å². The fourth-order valence-electron chi connectivity index (χ4n) is 4.11. The third-order valence-electron chi connectivity index (χ3n) is 5.79. The highest BCUT2D eigenvalue weighted by Crippen LogP contribution is 2.42. The molecule has 0 bridgehead atoms. The lowest BCUT2D eigenvalue weighted by Crippen LogP contribution is -2.27. The maximum Gasteiger partial charge on any atom is 0.318 e. The van der Waals surface area contributed by atoms with Gasteiger partial charge in [0.15, 0.2) is 5.78 Å². The van der Waals surface area contributed by atoms with Gasteiger partial charge in [-0.2, -0.15) is 0 Å². The quantitative estimate of drug-likeness (QED) is 0.522. The highest BCUT2D eigenvalue weighted by Gasteiger charge is 2.35. The highest BCUT2D eigenvalue weighted by molar-refractivity contribution is 7.99. The van der Waals surface area contributed by atoms with Crippen molar-refractivity contribution in [1.29, 1.82) is 0 Å². The number of carbonyl (C=O) groups excluding carboxylic acids is 2. The summed E-state index contributed by atoms with van der Waals surface area (Å²) < 4.78 is 5.48. The minimum Gasteiger partial charge on any atom is -0.426 e. The molecule has 3 unspecified atom stereocenters. The van der Waals surface area contributed by atoms with Gasteiger partial charge in [-0.3, -0.25) is 9.59 Å². The monoisotopic (exact) mass is 380 g/mol. The van der Waals surface area contributed by atoms with Crippen LogP contribution in [0.1, 0.15) is 54.4 Å². The fraction of sp³-hybridized carbons (Fsp3) is 0.391. The minimum atomic E-state index is -0.378. The Labute approximate surface area is 164 Å². The zero-order chi connectivity index (χ0) is 18.8. The molecule has 2 aromatic rings. The molecule has 0 N–H and O–H groups in total. The summed E-state index contributed by atoms with van der Waals surface area (Å²) in [6, 6.07) is 15.0. The highest BCUT2D eigenvalue weighted by atomic mass is 32.2. The van der Waals surface area contributed by atoms with Crippen LogP contribution in [0.15, 0.2) is 53.4 Å². The zero-order valence-electron chi connectivity index (χ0n) is 15.5. The van der Waals surface area contributed by atoms with Gasteiger partial charge in [-0.1, -0.05) is 37.1 Å². The molecule has 1 aliphatic heterocycles. The Morgan fingerprint density at radius 3 is 2.70 bits per heavy atom. The Morgan fingerprint density at radius 1 is 1.11 bits per heavy atom. The predicted molar refractivity (Wildman–Crippen MR) is 107 cm³/mol. The van der Waals surface area contributed by atoms with Gasteiger partial charge in [0, 0.05) is 22.1 Å². The number of para-hydroxylation sites is 1. The maximum absolute atomic E-state index is 13.0. The van der Waals surface area contributed by atoms with Crippen LogP contribution in [0.2, 0.25) is 0 Å². The molecule has 1 heterocycles. The number of hydrogen-bond donors (Lipinski definition) is 0. The first kappa shape index (κ1) is 18.3. The molecule has 0 spiro atoms. The van der Waals surface area contributed by atoms with Crippen molar-refractivity contribution in [3.63, 3.8) is 0 Å². The van der Waals surface area contributed by atoms with Crippen LogP contribution in [-0.4, -0.2) is 17.5 Å². The third-order valence-corrected chi connectivity index (χ3v) is 7.03. The van der Waals surface area contributed by atoms with E-state index in [9.17, 15) is 9.59 Å². The lowest BCUT2D eigenvalue weighted by atomic mass is 9.76. The van der Waals surface area contributed by atoms with E-state index < -0.39 is 0 Å². The van der Waals surface area contributed by atoms with Crippen LogP contribution < -0.4 is 4.74 Å². The molecule has 1 fully saturated rings. The van der Waals surface area contributed by atoms with Gasteiger partial charge in [0.05, 0.1) is 5.92 Å². The molecule has 0 amide bonds. The summed E-state index contributed by atoms with van der Waals surface area (Å²) in [5.41, 5.74) is 1.74. The zero-order valence-corrected chi connectivity index (χ0v) is 16.3. The van der Waals surface area contributed by atoms with Crippen LogP contribution in [0.3, 0.4) is 0 Å². The Balaban J connectivity index is 1.55. The fourth-order valence-corrected chi connectivity index (χ4v) is 5.45. The Hall–Kier alpha value is -2.07. The van der Waals surface area contributed by atoms with Crippen molar-refractivity contribution >= 4 is 23.5 Å². The number of carbonyl (C=O) groups is 2. The number of ketones is 1. The lowest BCUT2D eigenvalue weighted by Gasteiger charge is -2.28. The molecule has 3 nitrogen and oxygen atoms in total. The number of benzene rings is 2. The normalized spacial score (nSPS) is 22.9. The summed E-state index contributed by atoms with van der Waals surface area (Å²) in [6.45, 7) is 1.86. The average molecular weight is 381 g/mol. The lowest BCUT2D eigenvalue weighted by molar-refractivity contribution is -0.135. The first-order chi connectivity index (χ1) is 13.1. The Bertz CT molecular complexity index is 846. The summed E-state index contributed by atoms with van der Waals surface area (Å²) >= 11 is 1.77. The second kappa shape index (κ2) is 7.89. The molecular formula is C23H24O3S. The predicted octanol–water partition coefficient (Wildman–Crippen LogP) is 5.49. The van der Waals surface area contributed by atoms with Gasteiger partial charge in [0.2, 0.25) is 0 Å². The largest absolute Gasteiger partial charge is 0.426 e. The van der Waals surface area contributed by atoms with E-state index in [1.54, 1.807) is 23.9 Å². The van der Waals surface area contributed by atoms with E-state index in [-0.39, 0.29) is 17.8 Å². The van der Waals surface area contributed by atoms with E-state index in [4.69, 9.17) is 4.74 Å².